The lowest BCUT2D eigenvalue weighted by Gasteiger charge is -2.17. The second-order valence-electron chi connectivity index (χ2n) is 4.89. The van der Waals surface area contributed by atoms with E-state index in [1.165, 1.54) is 12.1 Å². The summed E-state index contributed by atoms with van der Waals surface area (Å²) in [5.41, 5.74) is 1.21. The van der Waals surface area contributed by atoms with Gasteiger partial charge in [-0.1, -0.05) is 12.1 Å². The minimum atomic E-state index is -4.73. The summed E-state index contributed by atoms with van der Waals surface area (Å²) in [5.74, 6) is -0.325. The molecule has 0 radical (unpaired) electrons. The van der Waals surface area contributed by atoms with Gasteiger partial charge in [0.2, 0.25) is 0 Å². The second kappa shape index (κ2) is 7.38. The average molecular weight is 327 g/mol. The van der Waals surface area contributed by atoms with Crippen LogP contribution in [0.4, 0.5) is 13.2 Å². The molecule has 2 rings (SSSR count). The van der Waals surface area contributed by atoms with Gasteiger partial charge in [0.15, 0.2) is 0 Å². The van der Waals surface area contributed by atoms with Crippen LogP contribution in [0.2, 0.25) is 0 Å². The Morgan fingerprint density at radius 1 is 1.22 bits per heavy atom. The van der Waals surface area contributed by atoms with E-state index in [0.29, 0.717) is 5.56 Å². The molecule has 0 spiro atoms. The minimum Gasteiger partial charge on any atom is -0.406 e. The van der Waals surface area contributed by atoms with E-state index in [0.717, 1.165) is 17.8 Å². The molecule has 2 atom stereocenters. The first-order valence-electron chi connectivity index (χ1n) is 6.88. The highest BCUT2D eigenvalue weighted by molar-refractivity contribution is 5.28. The third-order valence-electron chi connectivity index (χ3n) is 3.14. The first kappa shape index (κ1) is 17.2. The Kier molecular flexibility index (Phi) is 5.51. The van der Waals surface area contributed by atoms with Crippen LogP contribution in [-0.4, -0.2) is 28.0 Å². The third-order valence-corrected chi connectivity index (χ3v) is 3.14. The summed E-state index contributed by atoms with van der Waals surface area (Å²) in [5, 5.41) is 13.2. The van der Waals surface area contributed by atoms with Crippen LogP contribution in [-0.2, 0) is 0 Å². The highest BCUT2D eigenvalue weighted by Crippen LogP contribution is 2.24. The number of halogens is 3. The highest BCUT2D eigenvalue weighted by atomic mass is 19.4. The predicted octanol–water partition coefficient (Wildman–Crippen LogP) is 2.76. The molecule has 8 heteroatoms. The number of aromatic nitrogens is 2. The van der Waals surface area contributed by atoms with Gasteiger partial charge in [-0.2, -0.15) is 0 Å². The number of ether oxygens (including phenoxy) is 1. The van der Waals surface area contributed by atoms with Crippen molar-refractivity contribution in [3.05, 3.63) is 54.1 Å². The van der Waals surface area contributed by atoms with Gasteiger partial charge in [-0.05, 0) is 24.6 Å². The Balaban J connectivity index is 1.89. The van der Waals surface area contributed by atoms with Crippen LogP contribution in [0.25, 0.3) is 0 Å². The molecule has 1 aromatic heterocycles. The van der Waals surface area contributed by atoms with Crippen LogP contribution in [0.5, 0.6) is 5.75 Å². The SMILES string of the molecule is C[C@@H](NC[C@@H](O)c1ccc(OC(F)(F)F)cc1)c1cnccn1. The maximum atomic E-state index is 12.1. The number of aliphatic hydroxyl groups is 1. The van der Waals surface area contributed by atoms with E-state index < -0.39 is 12.5 Å². The zero-order valence-corrected chi connectivity index (χ0v) is 12.3. The molecule has 0 saturated carbocycles. The number of alkyl halides is 3. The topological polar surface area (TPSA) is 67.3 Å². The maximum Gasteiger partial charge on any atom is 0.573 e. The number of hydrogen-bond donors (Lipinski definition) is 2. The molecule has 2 aromatic rings. The maximum absolute atomic E-state index is 12.1. The third kappa shape index (κ3) is 5.50. The molecule has 0 fully saturated rings. The van der Waals surface area contributed by atoms with E-state index in [1.807, 2.05) is 6.92 Å². The lowest BCUT2D eigenvalue weighted by Crippen LogP contribution is -2.25. The van der Waals surface area contributed by atoms with Gasteiger partial charge in [0.25, 0.3) is 0 Å². The van der Waals surface area contributed by atoms with Gasteiger partial charge in [0.1, 0.15) is 5.75 Å². The Morgan fingerprint density at radius 2 is 1.91 bits per heavy atom. The van der Waals surface area contributed by atoms with Crippen molar-refractivity contribution in [2.24, 2.45) is 0 Å². The van der Waals surface area contributed by atoms with E-state index in [1.54, 1.807) is 18.6 Å². The molecular weight excluding hydrogens is 311 g/mol. The second-order valence-corrected chi connectivity index (χ2v) is 4.89. The Morgan fingerprint density at radius 3 is 2.48 bits per heavy atom. The number of rotatable bonds is 6. The lowest BCUT2D eigenvalue weighted by molar-refractivity contribution is -0.274. The van der Waals surface area contributed by atoms with Crippen LogP contribution < -0.4 is 10.1 Å². The van der Waals surface area contributed by atoms with Gasteiger partial charge >= 0.3 is 6.36 Å². The van der Waals surface area contributed by atoms with Crippen LogP contribution >= 0.6 is 0 Å². The zero-order chi connectivity index (χ0) is 16.9. The molecule has 0 bridgehead atoms. The largest absolute Gasteiger partial charge is 0.573 e. The van der Waals surface area contributed by atoms with E-state index in [4.69, 9.17) is 0 Å². The molecule has 2 N–H and O–H groups in total. The van der Waals surface area contributed by atoms with Gasteiger partial charge < -0.3 is 15.2 Å². The molecule has 0 aliphatic rings. The van der Waals surface area contributed by atoms with Gasteiger partial charge in [-0.3, -0.25) is 9.97 Å². The van der Waals surface area contributed by atoms with Crippen molar-refractivity contribution in [3.8, 4) is 5.75 Å². The first-order valence-corrected chi connectivity index (χ1v) is 6.88. The highest BCUT2D eigenvalue weighted by Gasteiger charge is 2.31. The van der Waals surface area contributed by atoms with Crippen LogP contribution in [0.1, 0.15) is 30.3 Å². The van der Waals surface area contributed by atoms with Crippen molar-refractivity contribution < 1.29 is 23.0 Å². The number of hydrogen-bond acceptors (Lipinski definition) is 5. The molecule has 0 unspecified atom stereocenters. The summed E-state index contributed by atoms with van der Waals surface area (Å²) in [4.78, 5) is 8.10. The van der Waals surface area contributed by atoms with Gasteiger partial charge in [0, 0.05) is 31.2 Å². The van der Waals surface area contributed by atoms with Crippen molar-refractivity contribution in [2.75, 3.05) is 6.54 Å². The fourth-order valence-corrected chi connectivity index (χ4v) is 1.94. The summed E-state index contributed by atoms with van der Waals surface area (Å²) in [6.07, 6.45) is -0.839. The van der Waals surface area contributed by atoms with Crippen molar-refractivity contribution in [1.29, 1.82) is 0 Å². The Labute approximate surface area is 131 Å². The summed E-state index contributed by atoms with van der Waals surface area (Å²) in [7, 11) is 0. The van der Waals surface area contributed by atoms with Gasteiger partial charge in [0.05, 0.1) is 11.8 Å². The molecule has 124 valence electrons. The average Bonchev–Trinajstić information content (AvgIpc) is 2.52. The molecule has 1 heterocycles. The Bertz CT molecular complexity index is 606. The summed E-state index contributed by atoms with van der Waals surface area (Å²) in [6, 6.07) is 4.99. The van der Waals surface area contributed by atoms with Crippen molar-refractivity contribution >= 4 is 0 Å². The summed E-state index contributed by atoms with van der Waals surface area (Å²) in [6.45, 7) is 2.09. The van der Waals surface area contributed by atoms with Gasteiger partial charge in [-0.25, -0.2) is 0 Å². The molecule has 1 aromatic carbocycles. The monoisotopic (exact) mass is 327 g/mol. The standard InChI is InChI=1S/C15H16F3N3O2/c1-10(13-8-19-6-7-20-13)21-9-14(22)11-2-4-12(5-3-11)23-15(16,17)18/h2-8,10,14,21-22H,9H2,1H3/t10-,14-/m1/s1. The van der Waals surface area contributed by atoms with Gasteiger partial charge in [-0.15, -0.1) is 13.2 Å². The van der Waals surface area contributed by atoms with Crippen LogP contribution in [0.15, 0.2) is 42.9 Å². The number of aliphatic hydroxyl groups excluding tert-OH is 1. The van der Waals surface area contributed by atoms with Crippen molar-refractivity contribution in [1.82, 2.24) is 15.3 Å². The van der Waals surface area contributed by atoms with E-state index >= 15 is 0 Å². The summed E-state index contributed by atoms with van der Waals surface area (Å²) < 4.78 is 40.0. The first-order chi connectivity index (χ1) is 10.8. The smallest absolute Gasteiger partial charge is 0.406 e. The van der Waals surface area contributed by atoms with E-state index in [-0.39, 0.29) is 18.3 Å². The van der Waals surface area contributed by atoms with Crippen LogP contribution in [0.3, 0.4) is 0 Å². The molecule has 0 aliphatic heterocycles. The van der Waals surface area contributed by atoms with Crippen molar-refractivity contribution in [2.45, 2.75) is 25.4 Å². The molecule has 23 heavy (non-hydrogen) atoms. The number of nitrogens with zero attached hydrogens (tertiary/aromatic N) is 2. The van der Waals surface area contributed by atoms with Crippen LogP contribution in [0, 0.1) is 0 Å². The number of nitrogens with one attached hydrogen (secondary N) is 1. The fourth-order valence-electron chi connectivity index (χ4n) is 1.94. The predicted molar refractivity (Wildman–Crippen MR) is 76.5 cm³/mol. The lowest BCUT2D eigenvalue weighted by atomic mass is 10.1. The zero-order valence-electron chi connectivity index (χ0n) is 12.3. The quantitative estimate of drug-likeness (QED) is 0.854. The fraction of sp³-hybridized carbons (Fsp3) is 0.333. The van der Waals surface area contributed by atoms with E-state index in [9.17, 15) is 18.3 Å². The normalized spacial score (nSPS) is 14.3. The summed E-state index contributed by atoms with van der Waals surface area (Å²) >= 11 is 0. The molecule has 0 saturated heterocycles. The number of benzene rings is 1. The molecule has 0 amide bonds. The van der Waals surface area contributed by atoms with E-state index in [2.05, 4.69) is 20.0 Å². The minimum absolute atomic E-state index is 0.119. The molecule has 0 aliphatic carbocycles. The molecular formula is C15H16F3N3O2. The molecule has 5 nitrogen and oxygen atoms in total. The Hall–Kier alpha value is -2.19. The van der Waals surface area contributed by atoms with Crippen molar-refractivity contribution in [3.63, 3.8) is 0 Å².